The molecular formula is C14H21NO3S. The topological polar surface area (TPSA) is 57.6 Å². The van der Waals surface area contributed by atoms with Crippen LogP contribution in [0.3, 0.4) is 0 Å². The molecule has 1 saturated carbocycles. The van der Waals surface area contributed by atoms with E-state index >= 15 is 0 Å². The quantitative estimate of drug-likeness (QED) is 0.869. The van der Waals surface area contributed by atoms with Crippen LogP contribution < -0.4 is 0 Å². The van der Waals surface area contributed by atoms with Gasteiger partial charge in [-0.2, -0.15) is 4.31 Å². The first-order chi connectivity index (χ1) is 9.02. The highest BCUT2D eigenvalue weighted by atomic mass is 32.2. The molecule has 0 heterocycles. The number of rotatable bonds is 6. The van der Waals surface area contributed by atoms with E-state index in [2.05, 4.69) is 0 Å². The highest BCUT2D eigenvalue weighted by Gasteiger charge is 2.38. The number of nitrogens with zero attached hydrogens (tertiary/aromatic N) is 1. The normalized spacial score (nSPS) is 16.0. The predicted octanol–water partition coefficient (Wildman–Crippen LogP) is 2.05. The summed E-state index contributed by atoms with van der Waals surface area (Å²) in [5, 5.41) is 9.26. The van der Waals surface area contributed by atoms with Crippen molar-refractivity contribution < 1.29 is 13.5 Å². The summed E-state index contributed by atoms with van der Waals surface area (Å²) in [6.45, 7) is 4.18. The second kappa shape index (κ2) is 5.61. The Morgan fingerprint density at radius 3 is 2.58 bits per heavy atom. The van der Waals surface area contributed by atoms with Crippen molar-refractivity contribution in [3.05, 3.63) is 29.3 Å². The van der Waals surface area contributed by atoms with Gasteiger partial charge in [-0.25, -0.2) is 8.42 Å². The summed E-state index contributed by atoms with van der Waals surface area (Å²) in [4.78, 5) is 0.333. The summed E-state index contributed by atoms with van der Waals surface area (Å²) in [5.41, 5.74) is 1.33. The van der Waals surface area contributed by atoms with Gasteiger partial charge in [0.05, 0.1) is 11.5 Å². The van der Waals surface area contributed by atoms with E-state index in [1.54, 1.807) is 29.4 Å². The molecule has 0 aliphatic heterocycles. The molecule has 1 aromatic carbocycles. The minimum absolute atomic E-state index is 0.133. The van der Waals surface area contributed by atoms with Crippen molar-refractivity contribution in [1.29, 1.82) is 0 Å². The van der Waals surface area contributed by atoms with Crippen LogP contribution in [0.25, 0.3) is 0 Å². The molecular weight excluding hydrogens is 262 g/mol. The van der Waals surface area contributed by atoms with Crippen LogP contribution in [0.1, 0.15) is 37.3 Å². The Morgan fingerprint density at radius 1 is 1.37 bits per heavy atom. The molecule has 19 heavy (non-hydrogen) atoms. The molecule has 4 nitrogen and oxygen atoms in total. The van der Waals surface area contributed by atoms with Crippen LogP contribution in [0.2, 0.25) is 0 Å². The molecule has 2 rings (SSSR count). The molecule has 0 spiro atoms. The predicted molar refractivity (Wildman–Crippen MR) is 74.3 cm³/mol. The second-order valence-electron chi connectivity index (χ2n) is 5.05. The maximum absolute atomic E-state index is 12.7. The Kier molecular flexibility index (Phi) is 4.28. The van der Waals surface area contributed by atoms with Crippen LogP contribution in [0.5, 0.6) is 0 Å². The minimum Gasteiger partial charge on any atom is -0.392 e. The first-order valence-electron chi connectivity index (χ1n) is 6.73. The van der Waals surface area contributed by atoms with E-state index in [0.29, 0.717) is 22.6 Å². The molecule has 0 saturated heterocycles. The lowest BCUT2D eigenvalue weighted by atomic mass is 10.1. The molecule has 1 aliphatic rings. The van der Waals surface area contributed by atoms with Gasteiger partial charge < -0.3 is 5.11 Å². The lowest BCUT2D eigenvalue weighted by molar-refractivity contribution is 0.280. The van der Waals surface area contributed by atoms with Gasteiger partial charge in [-0.3, -0.25) is 0 Å². The summed E-state index contributed by atoms with van der Waals surface area (Å²) in [5.74, 6) is 0. The first-order valence-corrected chi connectivity index (χ1v) is 8.17. The van der Waals surface area contributed by atoms with Gasteiger partial charge in [-0.15, -0.1) is 0 Å². The van der Waals surface area contributed by atoms with Crippen LogP contribution in [0.15, 0.2) is 23.1 Å². The van der Waals surface area contributed by atoms with Crippen LogP contribution in [-0.2, 0) is 16.6 Å². The van der Waals surface area contributed by atoms with Crippen LogP contribution in [-0.4, -0.2) is 30.4 Å². The fourth-order valence-corrected chi connectivity index (χ4v) is 4.37. The SMILES string of the molecule is CCCN(C1CC1)S(=O)(=O)c1cccc(CO)c1C. The maximum atomic E-state index is 12.7. The molecule has 0 amide bonds. The molecule has 5 heteroatoms. The average Bonchev–Trinajstić information content (AvgIpc) is 3.20. The summed E-state index contributed by atoms with van der Waals surface area (Å²) in [6, 6.07) is 5.26. The summed E-state index contributed by atoms with van der Waals surface area (Å²) < 4.78 is 27.1. The number of aliphatic hydroxyl groups excluding tert-OH is 1. The Hall–Kier alpha value is -0.910. The highest BCUT2D eigenvalue weighted by Crippen LogP contribution is 2.33. The maximum Gasteiger partial charge on any atom is 0.243 e. The molecule has 0 bridgehead atoms. The standard InChI is InChI=1S/C14H21NO3S/c1-3-9-15(13-7-8-13)19(17,18)14-6-4-5-12(10-16)11(14)2/h4-6,13,16H,3,7-10H2,1-2H3. The summed E-state index contributed by atoms with van der Waals surface area (Å²) in [6.07, 6.45) is 2.73. The Bertz CT molecular complexity index is 550. The first kappa shape index (κ1) is 14.5. The number of aliphatic hydroxyl groups is 1. The van der Waals surface area contributed by atoms with Crippen LogP contribution in [0, 0.1) is 6.92 Å². The zero-order chi connectivity index (χ0) is 14.0. The number of hydrogen-bond acceptors (Lipinski definition) is 3. The average molecular weight is 283 g/mol. The molecule has 0 atom stereocenters. The fraction of sp³-hybridized carbons (Fsp3) is 0.571. The number of hydrogen-bond donors (Lipinski definition) is 1. The smallest absolute Gasteiger partial charge is 0.243 e. The van der Waals surface area contributed by atoms with E-state index in [1.807, 2.05) is 6.92 Å². The molecule has 1 aliphatic carbocycles. The minimum atomic E-state index is -3.44. The third-order valence-corrected chi connectivity index (χ3v) is 5.65. The lowest BCUT2D eigenvalue weighted by Crippen LogP contribution is -2.34. The Balaban J connectivity index is 2.43. The van der Waals surface area contributed by atoms with Gasteiger partial charge >= 0.3 is 0 Å². The monoisotopic (exact) mass is 283 g/mol. The van der Waals surface area contributed by atoms with Crippen molar-refractivity contribution in [2.45, 2.75) is 50.7 Å². The fourth-order valence-electron chi connectivity index (χ4n) is 2.32. The van der Waals surface area contributed by atoms with Crippen molar-refractivity contribution in [3.63, 3.8) is 0 Å². The van der Waals surface area contributed by atoms with Crippen molar-refractivity contribution in [1.82, 2.24) is 4.31 Å². The Morgan fingerprint density at radius 2 is 2.05 bits per heavy atom. The third-order valence-electron chi connectivity index (χ3n) is 3.55. The van der Waals surface area contributed by atoms with Gasteiger partial charge in [-0.05, 0) is 43.4 Å². The zero-order valence-electron chi connectivity index (χ0n) is 11.5. The van der Waals surface area contributed by atoms with Crippen LogP contribution >= 0.6 is 0 Å². The van der Waals surface area contributed by atoms with Gasteiger partial charge in [0.2, 0.25) is 10.0 Å². The second-order valence-corrected chi connectivity index (χ2v) is 6.90. The van der Waals surface area contributed by atoms with E-state index in [4.69, 9.17) is 0 Å². The zero-order valence-corrected chi connectivity index (χ0v) is 12.3. The molecule has 1 aromatic rings. The van der Waals surface area contributed by atoms with Crippen molar-refractivity contribution in [2.24, 2.45) is 0 Å². The molecule has 0 radical (unpaired) electrons. The van der Waals surface area contributed by atoms with Gasteiger partial charge in [0.1, 0.15) is 0 Å². The molecule has 1 fully saturated rings. The lowest BCUT2D eigenvalue weighted by Gasteiger charge is -2.22. The molecule has 1 N–H and O–H groups in total. The van der Waals surface area contributed by atoms with Crippen molar-refractivity contribution >= 4 is 10.0 Å². The van der Waals surface area contributed by atoms with E-state index < -0.39 is 10.0 Å². The van der Waals surface area contributed by atoms with E-state index in [1.165, 1.54) is 0 Å². The largest absolute Gasteiger partial charge is 0.392 e. The molecule has 0 unspecified atom stereocenters. The van der Waals surface area contributed by atoms with Crippen molar-refractivity contribution in [3.8, 4) is 0 Å². The summed E-state index contributed by atoms with van der Waals surface area (Å²) >= 11 is 0. The van der Waals surface area contributed by atoms with Crippen molar-refractivity contribution in [2.75, 3.05) is 6.54 Å². The highest BCUT2D eigenvalue weighted by molar-refractivity contribution is 7.89. The number of benzene rings is 1. The van der Waals surface area contributed by atoms with Gasteiger partial charge in [0.25, 0.3) is 0 Å². The van der Waals surface area contributed by atoms with E-state index in [9.17, 15) is 13.5 Å². The van der Waals surface area contributed by atoms with Gasteiger partial charge in [0.15, 0.2) is 0 Å². The van der Waals surface area contributed by atoms with E-state index in [-0.39, 0.29) is 12.6 Å². The summed E-state index contributed by atoms with van der Waals surface area (Å²) in [7, 11) is -3.44. The molecule has 0 aromatic heterocycles. The van der Waals surface area contributed by atoms with Crippen LogP contribution in [0.4, 0.5) is 0 Å². The van der Waals surface area contributed by atoms with Gasteiger partial charge in [-0.1, -0.05) is 19.1 Å². The Labute approximate surface area is 115 Å². The van der Waals surface area contributed by atoms with Gasteiger partial charge in [0, 0.05) is 12.6 Å². The molecule has 106 valence electrons. The van der Waals surface area contributed by atoms with E-state index in [0.717, 1.165) is 19.3 Å². The third kappa shape index (κ3) is 2.83. The number of sulfonamides is 1.